The Morgan fingerprint density at radius 3 is 2.47 bits per heavy atom. The van der Waals surface area contributed by atoms with Gasteiger partial charge in [0.1, 0.15) is 18.0 Å². The zero-order valence-corrected chi connectivity index (χ0v) is 12.3. The van der Waals surface area contributed by atoms with E-state index in [0.29, 0.717) is 11.7 Å². The summed E-state index contributed by atoms with van der Waals surface area (Å²) in [6, 6.07) is 0. The van der Waals surface area contributed by atoms with E-state index in [2.05, 4.69) is 40.5 Å². The molecule has 1 aromatic heterocycles. The normalized spacial score (nSPS) is 17.2. The van der Waals surface area contributed by atoms with E-state index in [9.17, 15) is 0 Å². The predicted molar refractivity (Wildman–Crippen MR) is 79.5 cm³/mol. The molecule has 2 heterocycles. The highest BCUT2D eigenvalue weighted by molar-refractivity contribution is 5.58. The van der Waals surface area contributed by atoms with Crippen molar-refractivity contribution in [1.82, 2.24) is 14.9 Å². The number of anilines is 2. The van der Waals surface area contributed by atoms with Crippen molar-refractivity contribution in [2.24, 2.45) is 0 Å². The van der Waals surface area contributed by atoms with Crippen LogP contribution in [0.2, 0.25) is 0 Å². The third kappa shape index (κ3) is 3.15. The van der Waals surface area contributed by atoms with Gasteiger partial charge in [0.15, 0.2) is 0 Å². The molecule has 0 spiro atoms. The van der Waals surface area contributed by atoms with E-state index in [1.165, 1.54) is 13.0 Å². The van der Waals surface area contributed by atoms with Crippen LogP contribution in [0.15, 0.2) is 6.33 Å². The van der Waals surface area contributed by atoms with E-state index < -0.39 is 0 Å². The molecular weight excluding hydrogens is 238 g/mol. The van der Waals surface area contributed by atoms with Crippen molar-refractivity contribution in [1.29, 1.82) is 0 Å². The Morgan fingerprint density at radius 2 is 1.89 bits per heavy atom. The largest absolute Gasteiger partial charge is 0.383 e. The van der Waals surface area contributed by atoms with Crippen molar-refractivity contribution in [2.75, 3.05) is 43.4 Å². The second-order valence-corrected chi connectivity index (χ2v) is 5.48. The molecule has 5 nitrogen and oxygen atoms in total. The average molecular weight is 263 g/mol. The van der Waals surface area contributed by atoms with Crippen LogP contribution in [0.5, 0.6) is 0 Å². The Bertz CT molecular complexity index is 410. The number of nitrogen functional groups attached to an aromatic ring is 1. The Hall–Kier alpha value is -1.36. The third-order valence-electron chi connectivity index (χ3n) is 3.68. The standard InChI is InChI=1S/C14H25N5/c1-4-5-18-6-8-19(9-7-18)14-12(11(2)3)13(15)16-10-17-14/h10-11H,4-9H2,1-3H3,(H2,15,16,17). The molecule has 1 aliphatic heterocycles. The molecule has 0 atom stereocenters. The maximum atomic E-state index is 6.02. The minimum atomic E-state index is 0.352. The smallest absolute Gasteiger partial charge is 0.137 e. The first kappa shape index (κ1) is 14.1. The van der Waals surface area contributed by atoms with Crippen molar-refractivity contribution in [2.45, 2.75) is 33.1 Å². The lowest BCUT2D eigenvalue weighted by atomic mass is 10.0. The van der Waals surface area contributed by atoms with Crippen molar-refractivity contribution in [3.63, 3.8) is 0 Å². The van der Waals surface area contributed by atoms with E-state index >= 15 is 0 Å². The molecule has 1 fully saturated rings. The molecule has 0 amide bonds. The first-order valence-corrected chi connectivity index (χ1v) is 7.21. The minimum absolute atomic E-state index is 0.352. The van der Waals surface area contributed by atoms with Gasteiger partial charge in [0, 0.05) is 31.7 Å². The fourth-order valence-electron chi connectivity index (χ4n) is 2.70. The predicted octanol–water partition coefficient (Wildman–Crippen LogP) is 1.71. The average Bonchev–Trinajstić information content (AvgIpc) is 2.39. The van der Waals surface area contributed by atoms with Gasteiger partial charge >= 0.3 is 0 Å². The zero-order chi connectivity index (χ0) is 13.8. The minimum Gasteiger partial charge on any atom is -0.383 e. The molecule has 1 aromatic rings. The Kier molecular flexibility index (Phi) is 4.58. The van der Waals surface area contributed by atoms with Crippen molar-refractivity contribution < 1.29 is 0 Å². The highest BCUT2D eigenvalue weighted by Gasteiger charge is 2.22. The van der Waals surface area contributed by atoms with Crippen molar-refractivity contribution in [3.8, 4) is 0 Å². The number of nitrogens with zero attached hydrogens (tertiary/aromatic N) is 4. The lowest BCUT2D eigenvalue weighted by Crippen LogP contribution is -2.47. The van der Waals surface area contributed by atoms with Crippen LogP contribution in [-0.4, -0.2) is 47.6 Å². The van der Waals surface area contributed by atoms with Crippen LogP contribution < -0.4 is 10.6 Å². The number of nitrogens with two attached hydrogens (primary N) is 1. The summed E-state index contributed by atoms with van der Waals surface area (Å²) in [5, 5.41) is 0. The van der Waals surface area contributed by atoms with E-state index in [1.54, 1.807) is 6.33 Å². The molecule has 0 aromatic carbocycles. The van der Waals surface area contributed by atoms with Gasteiger partial charge in [-0.05, 0) is 18.9 Å². The summed E-state index contributed by atoms with van der Waals surface area (Å²) >= 11 is 0. The van der Waals surface area contributed by atoms with Crippen LogP contribution >= 0.6 is 0 Å². The molecule has 1 aliphatic rings. The van der Waals surface area contributed by atoms with E-state index in [4.69, 9.17) is 5.73 Å². The second-order valence-electron chi connectivity index (χ2n) is 5.48. The number of rotatable bonds is 4. The first-order valence-electron chi connectivity index (χ1n) is 7.21. The lowest BCUT2D eigenvalue weighted by molar-refractivity contribution is 0.257. The van der Waals surface area contributed by atoms with E-state index in [-0.39, 0.29) is 0 Å². The van der Waals surface area contributed by atoms with Crippen LogP contribution in [0.25, 0.3) is 0 Å². The van der Waals surface area contributed by atoms with Crippen molar-refractivity contribution >= 4 is 11.6 Å². The second kappa shape index (κ2) is 6.19. The topological polar surface area (TPSA) is 58.3 Å². The summed E-state index contributed by atoms with van der Waals surface area (Å²) in [5.74, 6) is 2.00. The quantitative estimate of drug-likeness (QED) is 0.896. The van der Waals surface area contributed by atoms with E-state index in [0.717, 1.165) is 37.6 Å². The molecule has 0 bridgehead atoms. The van der Waals surface area contributed by atoms with Crippen LogP contribution in [0.3, 0.4) is 0 Å². The molecular formula is C14H25N5. The van der Waals surface area contributed by atoms with Crippen LogP contribution in [0.4, 0.5) is 11.6 Å². The highest BCUT2D eigenvalue weighted by atomic mass is 15.3. The summed E-state index contributed by atoms with van der Waals surface area (Å²) in [6.45, 7) is 12.0. The van der Waals surface area contributed by atoms with Gasteiger partial charge in [-0.3, -0.25) is 4.90 Å². The zero-order valence-electron chi connectivity index (χ0n) is 12.3. The fraction of sp³-hybridized carbons (Fsp3) is 0.714. The summed E-state index contributed by atoms with van der Waals surface area (Å²) in [5.41, 5.74) is 7.11. The van der Waals surface area contributed by atoms with Gasteiger partial charge in [-0.1, -0.05) is 20.8 Å². The lowest BCUT2D eigenvalue weighted by Gasteiger charge is -2.36. The molecule has 0 unspecified atom stereocenters. The number of piperazine rings is 1. The maximum absolute atomic E-state index is 6.02. The Balaban J connectivity index is 2.13. The molecule has 106 valence electrons. The molecule has 0 saturated carbocycles. The van der Waals surface area contributed by atoms with Gasteiger partial charge in [0.2, 0.25) is 0 Å². The van der Waals surface area contributed by atoms with Gasteiger partial charge in [0.25, 0.3) is 0 Å². The Morgan fingerprint density at radius 1 is 1.21 bits per heavy atom. The molecule has 2 rings (SSSR count). The maximum Gasteiger partial charge on any atom is 0.137 e. The van der Waals surface area contributed by atoms with Crippen LogP contribution in [-0.2, 0) is 0 Å². The highest BCUT2D eigenvalue weighted by Crippen LogP contribution is 2.29. The van der Waals surface area contributed by atoms with Gasteiger partial charge in [0.05, 0.1) is 0 Å². The number of aromatic nitrogens is 2. The monoisotopic (exact) mass is 263 g/mol. The third-order valence-corrected chi connectivity index (χ3v) is 3.68. The summed E-state index contributed by atoms with van der Waals surface area (Å²) in [6.07, 6.45) is 2.80. The summed E-state index contributed by atoms with van der Waals surface area (Å²) in [7, 11) is 0. The fourth-order valence-corrected chi connectivity index (χ4v) is 2.70. The van der Waals surface area contributed by atoms with Crippen molar-refractivity contribution in [3.05, 3.63) is 11.9 Å². The first-order chi connectivity index (χ1) is 9.13. The molecule has 19 heavy (non-hydrogen) atoms. The Labute approximate surface area is 115 Å². The number of hydrogen-bond acceptors (Lipinski definition) is 5. The molecule has 0 aliphatic carbocycles. The van der Waals surface area contributed by atoms with Crippen LogP contribution in [0, 0.1) is 0 Å². The van der Waals surface area contributed by atoms with Gasteiger partial charge < -0.3 is 10.6 Å². The molecule has 5 heteroatoms. The number of hydrogen-bond donors (Lipinski definition) is 1. The van der Waals surface area contributed by atoms with Gasteiger partial charge in [-0.15, -0.1) is 0 Å². The summed E-state index contributed by atoms with van der Waals surface area (Å²) < 4.78 is 0. The SMILES string of the molecule is CCCN1CCN(c2ncnc(N)c2C(C)C)CC1. The summed E-state index contributed by atoms with van der Waals surface area (Å²) in [4.78, 5) is 13.5. The van der Waals surface area contributed by atoms with Gasteiger partial charge in [-0.2, -0.15) is 0 Å². The van der Waals surface area contributed by atoms with Gasteiger partial charge in [-0.25, -0.2) is 9.97 Å². The molecule has 0 radical (unpaired) electrons. The van der Waals surface area contributed by atoms with Crippen LogP contribution in [0.1, 0.15) is 38.7 Å². The van der Waals surface area contributed by atoms with E-state index in [1.807, 2.05) is 0 Å². The molecule has 2 N–H and O–H groups in total. The molecule has 1 saturated heterocycles.